The topological polar surface area (TPSA) is 83.9 Å². The summed E-state index contributed by atoms with van der Waals surface area (Å²) in [6.45, 7) is 1.47. The Morgan fingerprint density at radius 2 is 2.05 bits per heavy atom. The van der Waals surface area contributed by atoms with E-state index in [0.29, 0.717) is 12.2 Å². The van der Waals surface area contributed by atoms with Gasteiger partial charge in [0.2, 0.25) is 0 Å². The van der Waals surface area contributed by atoms with Gasteiger partial charge >= 0.3 is 0 Å². The molecule has 0 spiro atoms. The molecule has 0 aliphatic carbocycles. The van der Waals surface area contributed by atoms with Gasteiger partial charge in [0.1, 0.15) is 11.8 Å². The molecule has 0 aliphatic rings. The number of nitro groups is 1. The number of aromatic nitrogens is 1. The summed E-state index contributed by atoms with van der Waals surface area (Å²) in [5.74, 6) is 0. The minimum Gasteiger partial charge on any atom is -0.342 e. The van der Waals surface area contributed by atoms with Crippen molar-refractivity contribution in [3.63, 3.8) is 0 Å². The van der Waals surface area contributed by atoms with E-state index in [1.165, 1.54) is 12.1 Å². The minimum absolute atomic E-state index is 0.111. The molecular weight excluding hydrogens is 268 g/mol. The van der Waals surface area contributed by atoms with Crippen molar-refractivity contribution >= 4 is 5.69 Å². The molecule has 1 aromatic heterocycles. The molecule has 0 radical (unpaired) electrons. The largest absolute Gasteiger partial charge is 0.342 e. The van der Waals surface area contributed by atoms with Crippen LogP contribution in [0.1, 0.15) is 16.8 Å². The van der Waals surface area contributed by atoms with Crippen molar-refractivity contribution in [3.8, 4) is 6.07 Å². The molecule has 2 rings (SSSR count). The highest BCUT2D eigenvalue weighted by Crippen LogP contribution is 2.12. The third kappa shape index (κ3) is 3.91. The monoisotopic (exact) mass is 284 g/mol. The second kappa shape index (κ2) is 6.68. The highest BCUT2D eigenvalue weighted by molar-refractivity contribution is 5.33. The normalized spacial score (nSPS) is 10.3. The molecule has 0 saturated carbocycles. The lowest BCUT2D eigenvalue weighted by Gasteiger charge is -2.03. The summed E-state index contributed by atoms with van der Waals surface area (Å²) in [6.07, 6.45) is 2.73. The number of nitrogens with zero attached hydrogens (tertiary/aromatic N) is 3. The molecule has 0 amide bonds. The average molecular weight is 284 g/mol. The maximum Gasteiger partial charge on any atom is 0.269 e. The maximum atomic E-state index is 10.6. The molecule has 0 atom stereocenters. The van der Waals surface area contributed by atoms with E-state index in [2.05, 4.69) is 11.4 Å². The first-order valence-corrected chi connectivity index (χ1v) is 6.59. The number of aryl methyl sites for hydroxylation is 1. The smallest absolute Gasteiger partial charge is 0.269 e. The zero-order valence-corrected chi connectivity index (χ0v) is 11.7. The lowest BCUT2D eigenvalue weighted by atomic mass is 10.1. The first-order valence-electron chi connectivity index (χ1n) is 6.59. The summed E-state index contributed by atoms with van der Waals surface area (Å²) in [6, 6.07) is 10.6. The van der Waals surface area contributed by atoms with Crippen LogP contribution in [0, 0.1) is 21.4 Å². The Morgan fingerprint density at radius 3 is 2.62 bits per heavy atom. The maximum absolute atomic E-state index is 10.6. The van der Waals surface area contributed by atoms with Crippen LogP contribution in [0.25, 0.3) is 0 Å². The molecule has 0 saturated heterocycles. The molecule has 1 N–H and O–H groups in total. The van der Waals surface area contributed by atoms with Crippen LogP contribution >= 0.6 is 0 Å². The Hall–Kier alpha value is -2.65. The minimum atomic E-state index is -0.399. The quantitative estimate of drug-likeness (QED) is 0.500. The van der Waals surface area contributed by atoms with E-state index >= 15 is 0 Å². The zero-order chi connectivity index (χ0) is 15.2. The van der Waals surface area contributed by atoms with Crippen molar-refractivity contribution in [3.05, 3.63) is 63.5 Å². The number of nitrogens with one attached hydrogen (secondary N) is 1. The SMILES string of the molecule is Cn1cc(CNCCc2ccc([N+](=O)[O-])cc2)cc1C#N. The van der Waals surface area contributed by atoms with Gasteiger partial charge in [-0.25, -0.2) is 0 Å². The first kappa shape index (κ1) is 14.8. The molecule has 2 aromatic rings. The van der Waals surface area contributed by atoms with Crippen molar-refractivity contribution in [2.24, 2.45) is 7.05 Å². The molecule has 1 aromatic carbocycles. The third-order valence-corrected chi connectivity index (χ3v) is 3.24. The molecule has 21 heavy (non-hydrogen) atoms. The zero-order valence-electron chi connectivity index (χ0n) is 11.7. The number of nitriles is 1. The Morgan fingerprint density at radius 1 is 1.33 bits per heavy atom. The number of hydrogen-bond donors (Lipinski definition) is 1. The van der Waals surface area contributed by atoms with Gasteiger partial charge in [0, 0.05) is 31.9 Å². The van der Waals surface area contributed by atoms with E-state index in [4.69, 9.17) is 5.26 Å². The summed E-state index contributed by atoms with van der Waals surface area (Å²) >= 11 is 0. The fraction of sp³-hybridized carbons (Fsp3) is 0.267. The van der Waals surface area contributed by atoms with Crippen LogP contribution in [0.15, 0.2) is 36.5 Å². The van der Waals surface area contributed by atoms with Gasteiger partial charge in [0.05, 0.1) is 4.92 Å². The summed E-state index contributed by atoms with van der Waals surface area (Å²) < 4.78 is 1.80. The van der Waals surface area contributed by atoms with Gasteiger partial charge in [-0.3, -0.25) is 10.1 Å². The van der Waals surface area contributed by atoms with Crippen LogP contribution in [0.2, 0.25) is 0 Å². The van der Waals surface area contributed by atoms with Crippen molar-refractivity contribution in [1.82, 2.24) is 9.88 Å². The molecule has 0 unspecified atom stereocenters. The van der Waals surface area contributed by atoms with E-state index in [1.807, 2.05) is 19.3 Å². The van der Waals surface area contributed by atoms with Gasteiger partial charge in [-0.05, 0) is 30.2 Å². The van der Waals surface area contributed by atoms with Crippen LogP contribution < -0.4 is 5.32 Å². The number of nitro benzene ring substituents is 1. The lowest BCUT2D eigenvalue weighted by molar-refractivity contribution is -0.384. The van der Waals surface area contributed by atoms with Gasteiger partial charge in [0.15, 0.2) is 0 Å². The van der Waals surface area contributed by atoms with E-state index in [0.717, 1.165) is 24.1 Å². The van der Waals surface area contributed by atoms with Crippen LogP contribution in [-0.4, -0.2) is 16.0 Å². The number of non-ortho nitro benzene ring substituents is 1. The molecule has 108 valence electrons. The van der Waals surface area contributed by atoms with Crippen LogP contribution in [0.5, 0.6) is 0 Å². The van der Waals surface area contributed by atoms with Crippen LogP contribution in [0.3, 0.4) is 0 Å². The molecule has 1 heterocycles. The highest BCUT2D eigenvalue weighted by atomic mass is 16.6. The van der Waals surface area contributed by atoms with Gasteiger partial charge in [0.25, 0.3) is 5.69 Å². The number of rotatable bonds is 6. The summed E-state index contributed by atoms with van der Waals surface area (Å²) in [5.41, 5.74) is 2.87. The van der Waals surface area contributed by atoms with Crippen molar-refractivity contribution in [1.29, 1.82) is 5.26 Å². The molecule has 0 bridgehead atoms. The Balaban J connectivity index is 1.79. The van der Waals surface area contributed by atoms with Crippen LogP contribution in [-0.2, 0) is 20.0 Å². The number of hydrogen-bond acceptors (Lipinski definition) is 4. The van der Waals surface area contributed by atoms with E-state index < -0.39 is 4.92 Å². The summed E-state index contributed by atoms with van der Waals surface area (Å²) in [4.78, 5) is 10.2. The molecule has 0 aliphatic heterocycles. The number of benzene rings is 1. The predicted molar refractivity (Wildman–Crippen MR) is 78.6 cm³/mol. The van der Waals surface area contributed by atoms with E-state index in [9.17, 15) is 10.1 Å². The van der Waals surface area contributed by atoms with E-state index in [1.54, 1.807) is 16.7 Å². The van der Waals surface area contributed by atoms with Crippen molar-refractivity contribution in [2.75, 3.05) is 6.54 Å². The van der Waals surface area contributed by atoms with Gasteiger partial charge in [-0.2, -0.15) is 5.26 Å². The average Bonchev–Trinajstić information content (AvgIpc) is 2.84. The molecule has 0 fully saturated rings. The third-order valence-electron chi connectivity index (χ3n) is 3.24. The Kier molecular flexibility index (Phi) is 4.69. The van der Waals surface area contributed by atoms with Gasteiger partial charge in [-0.15, -0.1) is 0 Å². The highest BCUT2D eigenvalue weighted by Gasteiger charge is 2.04. The molecule has 6 nitrogen and oxygen atoms in total. The molecule has 6 heteroatoms. The Bertz CT molecular complexity index is 668. The van der Waals surface area contributed by atoms with Crippen molar-refractivity contribution < 1.29 is 4.92 Å². The van der Waals surface area contributed by atoms with Gasteiger partial charge < -0.3 is 9.88 Å². The molecular formula is C15H16N4O2. The fourth-order valence-electron chi connectivity index (χ4n) is 2.09. The first-order chi connectivity index (χ1) is 10.1. The summed E-state index contributed by atoms with van der Waals surface area (Å²) in [5, 5.41) is 22.7. The Labute approximate surface area is 122 Å². The fourth-order valence-corrected chi connectivity index (χ4v) is 2.09. The predicted octanol–water partition coefficient (Wildman–Crippen LogP) is 2.14. The van der Waals surface area contributed by atoms with E-state index in [-0.39, 0.29) is 5.69 Å². The summed E-state index contributed by atoms with van der Waals surface area (Å²) in [7, 11) is 1.85. The van der Waals surface area contributed by atoms with Crippen LogP contribution in [0.4, 0.5) is 5.69 Å². The van der Waals surface area contributed by atoms with Gasteiger partial charge in [-0.1, -0.05) is 12.1 Å². The second-order valence-electron chi connectivity index (χ2n) is 4.81. The standard InChI is InChI=1S/C15H16N4O2/c1-18-11-13(8-15(18)9-16)10-17-7-6-12-2-4-14(5-3-12)19(20)21/h2-5,8,11,17H,6-7,10H2,1H3. The second-order valence-corrected chi connectivity index (χ2v) is 4.81. The lowest BCUT2D eigenvalue weighted by Crippen LogP contribution is -2.16. The van der Waals surface area contributed by atoms with Crippen molar-refractivity contribution in [2.45, 2.75) is 13.0 Å².